The van der Waals surface area contributed by atoms with Crippen LogP contribution in [0.3, 0.4) is 0 Å². The normalized spacial score (nSPS) is 11.8. The summed E-state index contributed by atoms with van der Waals surface area (Å²) in [6, 6.07) is 12.5. The van der Waals surface area contributed by atoms with Crippen LogP contribution in [-0.2, 0) is 10.2 Å². The minimum Gasteiger partial charge on any atom is -0.494 e. The standard InChI is InChI=1S/C25H32N2O2S/c1-16(2)20-11-10-19(14-17(20)3)29-13-7-8-23(28)27-24-26-21-12-9-18(25(4,5)6)15-22(21)30-24/h9-12,14-16H,7-8,13H2,1-6H3,(H,26,27,28). The number of hydrogen-bond acceptors (Lipinski definition) is 4. The van der Waals surface area contributed by atoms with E-state index in [2.05, 4.69) is 76.1 Å². The van der Waals surface area contributed by atoms with Crippen LogP contribution in [-0.4, -0.2) is 17.5 Å². The van der Waals surface area contributed by atoms with Gasteiger partial charge in [0.15, 0.2) is 5.13 Å². The van der Waals surface area contributed by atoms with Crippen molar-refractivity contribution >= 4 is 32.6 Å². The van der Waals surface area contributed by atoms with E-state index in [1.807, 2.05) is 12.1 Å². The van der Waals surface area contributed by atoms with Crippen molar-refractivity contribution in [2.75, 3.05) is 11.9 Å². The van der Waals surface area contributed by atoms with Crippen molar-refractivity contribution in [3.63, 3.8) is 0 Å². The number of nitrogens with zero attached hydrogens (tertiary/aromatic N) is 1. The lowest BCUT2D eigenvalue weighted by Gasteiger charge is -2.18. The third-order valence-electron chi connectivity index (χ3n) is 5.18. The van der Waals surface area contributed by atoms with Gasteiger partial charge in [0.05, 0.1) is 16.8 Å². The fraction of sp³-hybridized carbons (Fsp3) is 0.440. The van der Waals surface area contributed by atoms with Gasteiger partial charge < -0.3 is 10.1 Å². The summed E-state index contributed by atoms with van der Waals surface area (Å²) in [4.78, 5) is 16.8. The molecule has 0 bridgehead atoms. The minimum absolute atomic E-state index is 0.0277. The van der Waals surface area contributed by atoms with Crippen LogP contribution in [0.15, 0.2) is 36.4 Å². The van der Waals surface area contributed by atoms with Crippen molar-refractivity contribution in [3.05, 3.63) is 53.1 Å². The van der Waals surface area contributed by atoms with Crippen LogP contribution in [0, 0.1) is 6.92 Å². The number of aromatic nitrogens is 1. The summed E-state index contributed by atoms with van der Waals surface area (Å²) < 4.78 is 6.92. The van der Waals surface area contributed by atoms with E-state index in [1.165, 1.54) is 28.0 Å². The summed E-state index contributed by atoms with van der Waals surface area (Å²) in [5, 5.41) is 3.58. The average Bonchev–Trinajstić information content (AvgIpc) is 3.05. The monoisotopic (exact) mass is 424 g/mol. The lowest BCUT2D eigenvalue weighted by molar-refractivity contribution is -0.116. The molecule has 3 rings (SSSR count). The quantitative estimate of drug-likeness (QED) is 0.423. The summed E-state index contributed by atoms with van der Waals surface area (Å²) in [5.41, 5.74) is 4.87. The van der Waals surface area contributed by atoms with Crippen LogP contribution in [0.2, 0.25) is 0 Å². The van der Waals surface area contributed by atoms with Crippen LogP contribution in [0.1, 0.15) is 70.1 Å². The molecule has 4 nitrogen and oxygen atoms in total. The van der Waals surface area contributed by atoms with Crippen molar-refractivity contribution in [2.24, 2.45) is 0 Å². The molecule has 0 unspecified atom stereocenters. The molecule has 1 heterocycles. The van der Waals surface area contributed by atoms with E-state index in [4.69, 9.17) is 4.74 Å². The largest absolute Gasteiger partial charge is 0.494 e. The Morgan fingerprint density at radius 2 is 1.93 bits per heavy atom. The number of hydrogen-bond donors (Lipinski definition) is 1. The predicted octanol–water partition coefficient (Wildman–Crippen LogP) is 6.82. The second kappa shape index (κ2) is 9.17. The first-order chi connectivity index (χ1) is 14.1. The molecule has 0 saturated heterocycles. The number of carbonyl (C=O) groups excluding carboxylic acids is 1. The Balaban J connectivity index is 1.49. The van der Waals surface area contributed by atoms with E-state index in [0.717, 1.165) is 16.0 Å². The molecule has 0 radical (unpaired) electrons. The fourth-order valence-electron chi connectivity index (χ4n) is 3.43. The van der Waals surface area contributed by atoms with Gasteiger partial charge in [-0.3, -0.25) is 4.79 Å². The molecule has 3 aromatic rings. The van der Waals surface area contributed by atoms with Crippen molar-refractivity contribution in [2.45, 2.75) is 65.7 Å². The highest BCUT2D eigenvalue weighted by molar-refractivity contribution is 7.22. The highest BCUT2D eigenvalue weighted by Crippen LogP contribution is 2.31. The Kier molecular flexibility index (Phi) is 6.81. The average molecular weight is 425 g/mol. The van der Waals surface area contributed by atoms with Gasteiger partial charge in [-0.2, -0.15) is 0 Å². The van der Waals surface area contributed by atoms with E-state index in [9.17, 15) is 4.79 Å². The molecule has 30 heavy (non-hydrogen) atoms. The number of thiazole rings is 1. The van der Waals surface area contributed by atoms with Gasteiger partial charge in [-0.1, -0.05) is 58.1 Å². The van der Waals surface area contributed by atoms with Crippen LogP contribution >= 0.6 is 11.3 Å². The summed E-state index contributed by atoms with van der Waals surface area (Å²) in [6.07, 6.45) is 1.07. The third-order valence-corrected chi connectivity index (χ3v) is 6.11. The number of aryl methyl sites for hydroxylation is 1. The van der Waals surface area contributed by atoms with Crippen LogP contribution < -0.4 is 10.1 Å². The Morgan fingerprint density at radius 3 is 2.60 bits per heavy atom. The van der Waals surface area contributed by atoms with Crippen LogP contribution in [0.4, 0.5) is 5.13 Å². The molecule has 0 aliphatic heterocycles. The second-order valence-electron chi connectivity index (χ2n) is 9.12. The maximum Gasteiger partial charge on any atom is 0.226 e. The van der Waals surface area contributed by atoms with Crippen molar-refractivity contribution in [1.82, 2.24) is 4.98 Å². The molecular weight excluding hydrogens is 392 g/mol. The summed E-state index contributed by atoms with van der Waals surface area (Å²) in [7, 11) is 0. The van der Waals surface area contributed by atoms with Crippen molar-refractivity contribution < 1.29 is 9.53 Å². The second-order valence-corrected chi connectivity index (χ2v) is 10.2. The summed E-state index contributed by atoms with van der Waals surface area (Å²) in [6.45, 7) is 13.6. The number of carbonyl (C=O) groups is 1. The van der Waals surface area contributed by atoms with Gasteiger partial charge in [-0.15, -0.1) is 0 Å². The number of ether oxygens (including phenoxy) is 1. The molecule has 0 spiro atoms. The van der Waals surface area contributed by atoms with E-state index >= 15 is 0 Å². The Hall–Kier alpha value is -2.40. The van der Waals surface area contributed by atoms with Crippen LogP contribution in [0.25, 0.3) is 10.2 Å². The molecule has 160 valence electrons. The van der Waals surface area contributed by atoms with Gasteiger partial charge in [0.2, 0.25) is 5.91 Å². The lowest BCUT2D eigenvalue weighted by Crippen LogP contribution is -2.12. The number of nitrogens with one attached hydrogen (secondary N) is 1. The predicted molar refractivity (Wildman–Crippen MR) is 127 cm³/mol. The smallest absolute Gasteiger partial charge is 0.226 e. The van der Waals surface area contributed by atoms with Gasteiger partial charge in [0, 0.05) is 6.42 Å². The van der Waals surface area contributed by atoms with Crippen molar-refractivity contribution in [1.29, 1.82) is 0 Å². The SMILES string of the molecule is Cc1cc(OCCCC(=O)Nc2nc3ccc(C(C)(C)C)cc3s2)ccc1C(C)C. The topological polar surface area (TPSA) is 51.2 Å². The first-order valence-electron chi connectivity index (χ1n) is 10.6. The number of amides is 1. The first-order valence-corrected chi connectivity index (χ1v) is 11.4. The molecule has 1 amide bonds. The van der Waals surface area contributed by atoms with E-state index in [-0.39, 0.29) is 11.3 Å². The maximum absolute atomic E-state index is 12.3. The number of anilines is 1. The highest BCUT2D eigenvalue weighted by Gasteiger charge is 2.15. The van der Waals surface area contributed by atoms with Crippen molar-refractivity contribution in [3.8, 4) is 5.75 Å². The van der Waals surface area contributed by atoms with Crippen LogP contribution in [0.5, 0.6) is 5.75 Å². The van der Waals surface area contributed by atoms with Gasteiger partial charge in [0.1, 0.15) is 5.75 Å². The molecule has 0 atom stereocenters. The minimum atomic E-state index is -0.0277. The fourth-order valence-corrected chi connectivity index (χ4v) is 4.36. The molecular formula is C25H32N2O2S. The van der Waals surface area contributed by atoms with Gasteiger partial charge in [0.25, 0.3) is 0 Å². The molecule has 1 N–H and O–H groups in total. The first kappa shape index (κ1) is 22.3. The molecule has 2 aromatic carbocycles. The van der Waals surface area contributed by atoms with E-state index in [1.54, 1.807) is 0 Å². The zero-order valence-electron chi connectivity index (χ0n) is 18.8. The molecule has 0 fully saturated rings. The molecule has 0 saturated carbocycles. The number of rotatable bonds is 7. The zero-order chi connectivity index (χ0) is 21.9. The van der Waals surface area contributed by atoms with E-state index < -0.39 is 0 Å². The molecule has 5 heteroatoms. The Morgan fingerprint density at radius 1 is 1.17 bits per heavy atom. The maximum atomic E-state index is 12.3. The number of benzene rings is 2. The molecule has 0 aliphatic rings. The Labute approximate surface area is 183 Å². The van der Waals surface area contributed by atoms with Gasteiger partial charge >= 0.3 is 0 Å². The van der Waals surface area contributed by atoms with Gasteiger partial charge in [-0.25, -0.2) is 4.98 Å². The summed E-state index contributed by atoms with van der Waals surface area (Å²) in [5.74, 6) is 1.34. The Bertz CT molecular complexity index is 1030. The third kappa shape index (κ3) is 5.60. The number of fused-ring (bicyclic) bond motifs is 1. The van der Waals surface area contributed by atoms with Gasteiger partial charge in [-0.05, 0) is 65.6 Å². The highest BCUT2D eigenvalue weighted by atomic mass is 32.1. The summed E-state index contributed by atoms with van der Waals surface area (Å²) >= 11 is 1.52. The zero-order valence-corrected chi connectivity index (χ0v) is 19.7. The lowest BCUT2D eigenvalue weighted by atomic mass is 9.87. The molecule has 1 aromatic heterocycles. The van der Waals surface area contributed by atoms with E-state index in [0.29, 0.717) is 30.5 Å². The molecule has 0 aliphatic carbocycles.